The molecular formula is C4H7N4O4+. The number of nitrogens with zero attached hydrogens (tertiary/aromatic N) is 1. The predicted molar refractivity (Wildman–Crippen MR) is 37.8 cm³/mol. The molecule has 0 spiro atoms. The van der Waals surface area contributed by atoms with Crippen molar-refractivity contribution in [2.24, 2.45) is 0 Å². The van der Waals surface area contributed by atoms with E-state index in [1.165, 1.54) is 0 Å². The highest BCUT2D eigenvalue weighted by Crippen LogP contribution is 1.92. The predicted octanol–water partition coefficient (Wildman–Crippen LogP) is -0.975. The van der Waals surface area contributed by atoms with Crippen LogP contribution in [0.1, 0.15) is 0 Å². The molecule has 0 saturated carbocycles. The van der Waals surface area contributed by atoms with E-state index in [1.807, 2.05) is 4.98 Å². The number of aromatic nitrogens is 2. The molecule has 0 amide bonds. The SMILES string of the molecule is N.O=c1[nH]cc([N+](=O)O)c(=O)[nH]1. The van der Waals surface area contributed by atoms with E-state index in [4.69, 9.17) is 5.21 Å². The van der Waals surface area contributed by atoms with Crippen molar-refractivity contribution in [3.05, 3.63) is 31.9 Å². The van der Waals surface area contributed by atoms with Gasteiger partial charge in [0.2, 0.25) is 0 Å². The van der Waals surface area contributed by atoms with Gasteiger partial charge in [-0.25, -0.2) is 10.0 Å². The summed E-state index contributed by atoms with van der Waals surface area (Å²) in [6.07, 6.45) is 0.814. The molecule has 0 aliphatic carbocycles. The van der Waals surface area contributed by atoms with Gasteiger partial charge in [0.25, 0.3) is 4.92 Å². The lowest BCUT2D eigenvalue weighted by Crippen LogP contribution is -2.23. The molecule has 0 unspecified atom stereocenters. The number of rotatable bonds is 1. The lowest BCUT2D eigenvalue weighted by atomic mass is 10.5. The van der Waals surface area contributed by atoms with Gasteiger partial charge in [0, 0.05) is 0 Å². The van der Waals surface area contributed by atoms with Gasteiger partial charge in [-0.3, -0.25) is 9.78 Å². The van der Waals surface area contributed by atoms with Gasteiger partial charge in [-0.05, 0) is 0 Å². The first-order valence-corrected chi connectivity index (χ1v) is 2.59. The minimum absolute atomic E-state index is 0. The average molecular weight is 175 g/mol. The summed E-state index contributed by atoms with van der Waals surface area (Å²) in [6.45, 7) is 0. The van der Waals surface area contributed by atoms with Crippen molar-refractivity contribution in [1.82, 2.24) is 16.1 Å². The molecule has 0 aliphatic rings. The van der Waals surface area contributed by atoms with Crippen LogP contribution >= 0.6 is 0 Å². The second kappa shape index (κ2) is 3.44. The zero-order chi connectivity index (χ0) is 8.43. The van der Waals surface area contributed by atoms with Crippen LogP contribution in [-0.4, -0.2) is 20.1 Å². The molecular weight excluding hydrogens is 168 g/mol. The second-order valence-electron chi connectivity index (χ2n) is 1.73. The second-order valence-corrected chi connectivity index (χ2v) is 1.73. The Kier molecular flexibility index (Phi) is 2.88. The van der Waals surface area contributed by atoms with Gasteiger partial charge in [0.05, 0.1) is 11.1 Å². The summed E-state index contributed by atoms with van der Waals surface area (Å²) < 4.78 is 0. The van der Waals surface area contributed by atoms with Crippen LogP contribution in [0.25, 0.3) is 0 Å². The Bertz CT molecular complexity index is 391. The molecule has 0 bridgehead atoms. The van der Waals surface area contributed by atoms with Gasteiger partial charge in [-0.1, -0.05) is 0 Å². The fourth-order valence-electron chi connectivity index (χ4n) is 0.545. The maximum Gasteiger partial charge on any atom is 0.396 e. The summed E-state index contributed by atoms with van der Waals surface area (Å²) in [6, 6.07) is 0. The zero-order valence-corrected chi connectivity index (χ0v) is 5.90. The van der Waals surface area contributed by atoms with E-state index in [2.05, 4.69) is 0 Å². The maximum atomic E-state index is 10.6. The summed E-state index contributed by atoms with van der Waals surface area (Å²) in [5, 5.41) is 8.23. The highest BCUT2D eigenvalue weighted by molar-refractivity contribution is 5.18. The Balaban J connectivity index is 0.00000121. The van der Waals surface area contributed by atoms with Crippen LogP contribution in [0, 0.1) is 4.91 Å². The maximum absolute atomic E-state index is 10.6. The number of nitrogens with one attached hydrogen (secondary N) is 2. The Labute approximate surface area is 65.0 Å². The van der Waals surface area contributed by atoms with Gasteiger partial charge in [0.1, 0.15) is 0 Å². The Morgan fingerprint density at radius 1 is 1.42 bits per heavy atom. The highest BCUT2D eigenvalue weighted by Gasteiger charge is 2.16. The highest BCUT2D eigenvalue weighted by atomic mass is 16.6. The van der Waals surface area contributed by atoms with Crippen molar-refractivity contribution < 1.29 is 10.1 Å². The zero-order valence-electron chi connectivity index (χ0n) is 5.90. The molecule has 66 valence electrons. The number of hydrogen-bond donors (Lipinski definition) is 4. The third-order valence-electron chi connectivity index (χ3n) is 1.01. The molecule has 8 nitrogen and oxygen atoms in total. The fourth-order valence-corrected chi connectivity index (χ4v) is 0.545. The first-order chi connectivity index (χ1) is 5.11. The smallest absolute Gasteiger partial charge is 0.344 e. The molecule has 1 rings (SSSR count). The molecule has 6 N–H and O–H groups in total. The van der Waals surface area contributed by atoms with E-state index in [1.54, 1.807) is 4.98 Å². The average Bonchev–Trinajstić information content (AvgIpc) is 1.85. The minimum atomic E-state index is -0.939. The normalized spacial score (nSPS) is 8.67. The van der Waals surface area contributed by atoms with Gasteiger partial charge < -0.3 is 11.1 Å². The van der Waals surface area contributed by atoms with Gasteiger partial charge in [-0.15, -0.1) is 0 Å². The van der Waals surface area contributed by atoms with E-state index in [0.717, 1.165) is 6.20 Å². The Morgan fingerprint density at radius 3 is 2.42 bits per heavy atom. The van der Waals surface area contributed by atoms with E-state index in [0.29, 0.717) is 0 Å². The Hall–Kier alpha value is -1.96. The number of hydrogen-bond acceptors (Lipinski definition) is 4. The van der Waals surface area contributed by atoms with Crippen molar-refractivity contribution in [3.8, 4) is 0 Å². The van der Waals surface area contributed by atoms with E-state index >= 15 is 0 Å². The molecule has 0 aromatic carbocycles. The molecule has 0 atom stereocenters. The monoisotopic (exact) mass is 175 g/mol. The van der Waals surface area contributed by atoms with Crippen molar-refractivity contribution in [1.29, 1.82) is 0 Å². The number of aromatic amines is 2. The summed E-state index contributed by atoms with van der Waals surface area (Å²) >= 11 is 0. The third kappa shape index (κ3) is 1.76. The van der Waals surface area contributed by atoms with Crippen LogP contribution in [-0.2, 0) is 0 Å². The molecule has 8 heteroatoms. The van der Waals surface area contributed by atoms with Crippen molar-refractivity contribution in [3.63, 3.8) is 0 Å². The van der Waals surface area contributed by atoms with E-state index < -0.39 is 21.9 Å². The topological polar surface area (TPSA) is 141 Å². The van der Waals surface area contributed by atoms with Gasteiger partial charge in [0.15, 0.2) is 0 Å². The quantitative estimate of drug-likeness (QED) is 0.406. The van der Waals surface area contributed by atoms with Crippen LogP contribution in [0.4, 0.5) is 5.69 Å². The third-order valence-corrected chi connectivity index (χ3v) is 1.01. The summed E-state index contributed by atoms with van der Waals surface area (Å²) in [7, 11) is 0. The molecule has 0 aliphatic heterocycles. The van der Waals surface area contributed by atoms with Gasteiger partial charge >= 0.3 is 16.9 Å². The van der Waals surface area contributed by atoms with Crippen molar-refractivity contribution >= 4 is 5.69 Å². The molecule has 1 heterocycles. The molecule has 1 aromatic heterocycles. The first-order valence-electron chi connectivity index (χ1n) is 2.59. The van der Waals surface area contributed by atoms with E-state index in [-0.39, 0.29) is 6.15 Å². The minimum Gasteiger partial charge on any atom is -0.344 e. The largest absolute Gasteiger partial charge is 0.396 e. The fraction of sp³-hybridized carbons (Fsp3) is 0. The van der Waals surface area contributed by atoms with Crippen LogP contribution in [0.15, 0.2) is 15.8 Å². The molecule has 1 aromatic rings. The summed E-state index contributed by atoms with van der Waals surface area (Å²) in [5.41, 5.74) is -2.24. The Morgan fingerprint density at radius 2 is 2.00 bits per heavy atom. The molecule has 0 fully saturated rings. The molecule has 0 saturated heterocycles. The lowest BCUT2D eigenvalue weighted by Gasteiger charge is -1.80. The van der Waals surface area contributed by atoms with Crippen LogP contribution in [0.5, 0.6) is 0 Å². The summed E-state index contributed by atoms with van der Waals surface area (Å²) in [4.78, 5) is 34.2. The summed E-state index contributed by atoms with van der Waals surface area (Å²) in [5.74, 6) is 0. The van der Waals surface area contributed by atoms with Crippen LogP contribution < -0.4 is 17.4 Å². The van der Waals surface area contributed by atoms with E-state index in [9.17, 15) is 14.5 Å². The first kappa shape index (κ1) is 10.0. The van der Waals surface area contributed by atoms with Crippen LogP contribution in [0.3, 0.4) is 0 Å². The van der Waals surface area contributed by atoms with Crippen LogP contribution in [0.2, 0.25) is 0 Å². The standard InChI is InChI=1S/C4H3N3O4.H3N/c8-3-2(7(10)11)1-5-4(9)6-3;/h1H,(H2-,5,6,8,9,10,11);1H3/p+1. The number of H-pyrrole nitrogens is 2. The molecule has 12 heavy (non-hydrogen) atoms. The van der Waals surface area contributed by atoms with Gasteiger partial charge in [-0.2, -0.15) is 0 Å². The molecule has 0 radical (unpaired) electrons. The van der Waals surface area contributed by atoms with Crippen molar-refractivity contribution in [2.45, 2.75) is 0 Å². The lowest BCUT2D eigenvalue weighted by molar-refractivity contribution is -0.730. The van der Waals surface area contributed by atoms with Crippen molar-refractivity contribution in [2.75, 3.05) is 0 Å².